The Labute approximate surface area is 89.7 Å². The summed E-state index contributed by atoms with van der Waals surface area (Å²) in [5.74, 6) is 2.02. The fraction of sp³-hybridized carbons (Fsp3) is 0.727. The minimum Gasteiger partial charge on any atom is -0.303 e. The van der Waals surface area contributed by atoms with E-state index in [0.29, 0.717) is 6.54 Å². The molecule has 0 fully saturated rings. The predicted molar refractivity (Wildman–Crippen MR) is 56.6 cm³/mol. The molecule has 15 heavy (non-hydrogen) atoms. The zero-order chi connectivity index (χ0) is 11.1. The third-order valence-corrected chi connectivity index (χ3v) is 2.76. The van der Waals surface area contributed by atoms with Crippen molar-refractivity contribution in [3.63, 3.8) is 0 Å². The van der Waals surface area contributed by atoms with Crippen LogP contribution in [0.2, 0.25) is 0 Å². The topological polar surface area (TPSA) is 47.8 Å². The van der Waals surface area contributed by atoms with E-state index in [1.54, 1.807) is 0 Å². The van der Waals surface area contributed by atoms with Crippen LogP contribution in [-0.4, -0.2) is 21.1 Å². The van der Waals surface area contributed by atoms with Crippen LogP contribution in [0.4, 0.5) is 0 Å². The first-order chi connectivity index (χ1) is 7.00. The van der Waals surface area contributed by atoms with Gasteiger partial charge in [0, 0.05) is 17.8 Å². The van der Waals surface area contributed by atoms with Crippen LogP contribution >= 0.6 is 0 Å². The Hall–Kier alpha value is -1.19. The normalized spacial score (nSPS) is 21.1. The van der Waals surface area contributed by atoms with Crippen molar-refractivity contribution < 1.29 is 4.79 Å². The molecule has 1 aliphatic rings. The number of carbonyl (C=O) groups is 1. The predicted octanol–water partition coefficient (Wildman–Crippen LogP) is 1.34. The number of carbonyl (C=O) groups excluding carboxylic acids is 1. The van der Waals surface area contributed by atoms with Gasteiger partial charge >= 0.3 is 0 Å². The van der Waals surface area contributed by atoms with Gasteiger partial charge in [-0.05, 0) is 6.42 Å². The summed E-state index contributed by atoms with van der Waals surface area (Å²) < 4.78 is 1.89. The van der Waals surface area contributed by atoms with Crippen LogP contribution in [0.15, 0.2) is 0 Å². The van der Waals surface area contributed by atoms with Crippen LogP contribution in [0.5, 0.6) is 0 Å². The summed E-state index contributed by atoms with van der Waals surface area (Å²) in [5, 5.41) is 4.47. The fourth-order valence-electron chi connectivity index (χ4n) is 1.76. The Morgan fingerprint density at radius 3 is 2.80 bits per heavy atom. The molecule has 0 amide bonds. The first-order valence-electron chi connectivity index (χ1n) is 5.40. The Morgan fingerprint density at radius 2 is 2.20 bits per heavy atom. The van der Waals surface area contributed by atoms with Crippen LogP contribution in [-0.2, 0) is 23.2 Å². The summed E-state index contributed by atoms with van der Waals surface area (Å²) >= 11 is 0. The molecule has 0 saturated carbocycles. The highest BCUT2D eigenvalue weighted by molar-refractivity contribution is 5.53. The second-order valence-electron chi connectivity index (χ2n) is 5.22. The standard InChI is InChI=1S/C11H17N3O/c1-11(2,3)10-12-9-5-4-8(7-15)6-14(9)13-10/h7-8H,4-6H2,1-3H3. The van der Waals surface area contributed by atoms with Gasteiger partial charge in [-0.3, -0.25) is 0 Å². The first kappa shape index (κ1) is 10.3. The number of aromatic nitrogens is 3. The van der Waals surface area contributed by atoms with Crippen molar-refractivity contribution in [1.29, 1.82) is 0 Å². The zero-order valence-electron chi connectivity index (χ0n) is 9.53. The molecule has 0 spiro atoms. The molecule has 0 aromatic carbocycles. The molecule has 0 radical (unpaired) electrons. The molecule has 2 rings (SSSR count). The molecule has 1 unspecified atom stereocenters. The van der Waals surface area contributed by atoms with E-state index < -0.39 is 0 Å². The van der Waals surface area contributed by atoms with Gasteiger partial charge in [0.25, 0.3) is 0 Å². The Morgan fingerprint density at radius 1 is 1.47 bits per heavy atom. The van der Waals surface area contributed by atoms with E-state index >= 15 is 0 Å². The van der Waals surface area contributed by atoms with Gasteiger partial charge in [0.15, 0.2) is 5.82 Å². The summed E-state index contributed by atoms with van der Waals surface area (Å²) in [7, 11) is 0. The van der Waals surface area contributed by atoms with E-state index in [9.17, 15) is 4.79 Å². The van der Waals surface area contributed by atoms with Crippen molar-refractivity contribution in [3.8, 4) is 0 Å². The number of rotatable bonds is 1. The molecule has 0 aliphatic carbocycles. The van der Waals surface area contributed by atoms with Crippen LogP contribution in [0.25, 0.3) is 0 Å². The quantitative estimate of drug-likeness (QED) is 0.653. The van der Waals surface area contributed by atoms with Crippen molar-refractivity contribution >= 4 is 6.29 Å². The lowest BCUT2D eigenvalue weighted by Crippen LogP contribution is -2.22. The van der Waals surface area contributed by atoms with Gasteiger partial charge in [0.2, 0.25) is 0 Å². The molecule has 2 heterocycles. The molecule has 0 bridgehead atoms. The summed E-state index contributed by atoms with van der Waals surface area (Å²) in [4.78, 5) is 15.2. The van der Waals surface area contributed by atoms with Gasteiger partial charge < -0.3 is 4.79 Å². The Bertz CT molecular complexity index is 376. The molecule has 0 N–H and O–H groups in total. The highest BCUT2D eigenvalue weighted by Crippen LogP contribution is 2.22. The molecule has 1 aromatic heterocycles. The van der Waals surface area contributed by atoms with Gasteiger partial charge in [-0.25, -0.2) is 9.67 Å². The molecule has 82 valence electrons. The number of fused-ring (bicyclic) bond motifs is 1. The minimum atomic E-state index is -0.0129. The fourth-order valence-corrected chi connectivity index (χ4v) is 1.76. The summed E-state index contributed by atoms with van der Waals surface area (Å²) in [6, 6.07) is 0. The van der Waals surface area contributed by atoms with Gasteiger partial charge in [0.1, 0.15) is 12.1 Å². The average molecular weight is 207 g/mol. The largest absolute Gasteiger partial charge is 0.303 e. The maximum absolute atomic E-state index is 10.7. The van der Waals surface area contributed by atoms with Gasteiger partial charge in [-0.15, -0.1) is 0 Å². The average Bonchev–Trinajstić information content (AvgIpc) is 2.59. The Balaban J connectivity index is 2.29. The number of aldehydes is 1. The third-order valence-electron chi connectivity index (χ3n) is 2.76. The molecule has 1 aromatic rings. The highest BCUT2D eigenvalue weighted by atomic mass is 16.1. The molecular formula is C11H17N3O. The van der Waals surface area contributed by atoms with Crippen LogP contribution in [0, 0.1) is 5.92 Å². The minimum absolute atomic E-state index is 0.0129. The number of aryl methyl sites for hydroxylation is 1. The third kappa shape index (κ3) is 1.94. The molecule has 4 heteroatoms. The number of nitrogens with zero attached hydrogens (tertiary/aromatic N) is 3. The summed E-state index contributed by atoms with van der Waals surface area (Å²) in [6.45, 7) is 7.00. The van der Waals surface area contributed by atoms with Crippen molar-refractivity contribution in [1.82, 2.24) is 14.8 Å². The maximum atomic E-state index is 10.7. The van der Waals surface area contributed by atoms with E-state index in [1.165, 1.54) is 0 Å². The number of hydrogen-bond acceptors (Lipinski definition) is 3. The SMILES string of the molecule is CC(C)(C)c1nc2n(n1)CC(C=O)CC2. The smallest absolute Gasteiger partial charge is 0.156 e. The van der Waals surface area contributed by atoms with Crippen LogP contribution in [0.3, 0.4) is 0 Å². The molecule has 4 nitrogen and oxygen atoms in total. The van der Waals surface area contributed by atoms with E-state index in [1.807, 2.05) is 4.68 Å². The lowest BCUT2D eigenvalue weighted by molar-refractivity contribution is -0.111. The van der Waals surface area contributed by atoms with Crippen molar-refractivity contribution in [2.24, 2.45) is 5.92 Å². The number of hydrogen-bond donors (Lipinski definition) is 0. The monoisotopic (exact) mass is 207 g/mol. The van der Waals surface area contributed by atoms with Crippen molar-refractivity contribution in [2.75, 3.05) is 0 Å². The second-order valence-corrected chi connectivity index (χ2v) is 5.22. The molecule has 1 atom stereocenters. The van der Waals surface area contributed by atoms with E-state index in [-0.39, 0.29) is 11.3 Å². The summed E-state index contributed by atoms with van der Waals surface area (Å²) in [5.41, 5.74) is -0.0129. The van der Waals surface area contributed by atoms with Crippen LogP contribution < -0.4 is 0 Å². The van der Waals surface area contributed by atoms with Crippen LogP contribution in [0.1, 0.15) is 38.8 Å². The summed E-state index contributed by atoms with van der Waals surface area (Å²) in [6.07, 6.45) is 2.81. The first-order valence-corrected chi connectivity index (χ1v) is 5.40. The van der Waals surface area contributed by atoms with Gasteiger partial charge in [0.05, 0.1) is 6.54 Å². The van der Waals surface area contributed by atoms with E-state index in [2.05, 4.69) is 30.9 Å². The Kier molecular flexibility index (Phi) is 2.37. The van der Waals surface area contributed by atoms with Gasteiger partial charge in [-0.2, -0.15) is 5.10 Å². The molecular weight excluding hydrogens is 190 g/mol. The zero-order valence-corrected chi connectivity index (χ0v) is 9.53. The maximum Gasteiger partial charge on any atom is 0.156 e. The highest BCUT2D eigenvalue weighted by Gasteiger charge is 2.25. The van der Waals surface area contributed by atoms with Crippen molar-refractivity contribution in [3.05, 3.63) is 11.6 Å². The lowest BCUT2D eigenvalue weighted by atomic mass is 9.96. The second kappa shape index (κ2) is 3.43. The molecule has 1 aliphatic heterocycles. The van der Waals surface area contributed by atoms with E-state index in [4.69, 9.17) is 0 Å². The van der Waals surface area contributed by atoms with E-state index in [0.717, 1.165) is 30.8 Å². The lowest BCUT2D eigenvalue weighted by Gasteiger charge is -2.16. The van der Waals surface area contributed by atoms with Gasteiger partial charge in [-0.1, -0.05) is 20.8 Å². The van der Waals surface area contributed by atoms with Crippen molar-refractivity contribution in [2.45, 2.75) is 45.6 Å². The molecule has 0 saturated heterocycles.